The summed E-state index contributed by atoms with van der Waals surface area (Å²) in [5, 5.41) is 1.98. The summed E-state index contributed by atoms with van der Waals surface area (Å²) < 4.78 is 8.62. The van der Waals surface area contributed by atoms with Crippen LogP contribution in [0.1, 0.15) is 11.8 Å². The number of carbonyl (C=O) groups excluding carboxylic acids is 1. The summed E-state index contributed by atoms with van der Waals surface area (Å²) >= 11 is 3.11. The average molecular weight is 358 g/mol. The largest absolute Gasteiger partial charge is 0.380 e. The van der Waals surface area contributed by atoms with Gasteiger partial charge in [0.25, 0.3) is 5.91 Å². The molecule has 6 heteroatoms. The van der Waals surface area contributed by atoms with Crippen LogP contribution in [0.4, 0.5) is 0 Å². The van der Waals surface area contributed by atoms with Crippen molar-refractivity contribution < 1.29 is 9.53 Å². The summed E-state index contributed by atoms with van der Waals surface area (Å²) in [5.74, 6) is -0.250. The number of thiophene rings is 1. The first-order valence-electron chi connectivity index (χ1n) is 7.74. The monoisotopic (exact) mass is 358 g/mol. The Kier molecular flexibility index (Phi) is 5.74. The van der Waals surface area contributed by atoms with Crippen molar-refractivity contribution in [3.8, 4) is 0 Å². The van der Waals surface area contributed by atoms with E-state index in [9.17, 15) is 4.79 Å². The van der Waals surface area contributed by atoms with Crippen molar-refractivity contribution in [3.05, 3.63) is 57.5 Å². The minimum absolute atomic E-state index is 0.250. The van der Waals surface area contributed by atoms with Crippen LogP contribution in [0.5, 0.6) is 0 Å². The predicted octanol–water partition coefficient (Wildman–Crippen LogP) is 3.94. The van der Waals surface area contributed by atoms with Crippen molar-refractivity contribution in [2.24, 2.45) is 4.99 Å². The van der Waals surface area contributed by atoms with Gasteiger partial charge in [-0.15, -0.1) is 11.3 Å². The number of aromatic nitrogens is 1. The van der Waals surface area contributed by atoms with E-state index in [-0.39, 0.29) is 5.91 Å². The Morgan fingerprint density at radius 3 is 2.96 bits per heavy atom. The maximum absolute atomic E-state index is 12.2. The summed E-state index contributed by atoms with van der Waals surface area (Å²) in [4.78, 5) is 18.2. The van der Waals surface area contributed by atoms with Crippen LogP contribution in [0.2, 0.25) is 0 Å². The van der Waals surface area contributed by atoms with Crippen molar-refractivity contribution in [1.29, 1.82) is 0 Å². The smallest absolute Gasteiger partial charge is 0.272 e. The van der Waals surface area contributed by atoms with Gasteiger partial charge in [0.2, 0.25) is 0 Å². The number of para-hydroxylation sites is 1. The number of carbonyl (C=O) groups is 1. The van der Waals surface area contributed by atoms with Gasteiger partial charge in [-0.05, 0) is 36.6 Å². The molecule has 124 valence electrons. The zero-order chi connectivity index (χ0) is 16.8. The van der Waals surface area contributed by atoms with Gasteiger partial charge in [-0.2, -0.15) is 4.99 Å². The lowest BCUT2D eigenvalue weighted by Crippen LogP contribution is -2.19. The van der Waals surface area contributed by atoms with Gasteiger partial charge in [-0.3, -0.25) is 4.79 Å². The molecule has 0 N–H and O–H groups in total. The van der Waals surface area contributed by atoms with Crippen LogP contribution < -0.4 is 4.80 Å². The second-order valence-electron chi connectivity index (χ2n) is 5.00. The molecule has 4 nitrogen and oxygen atoms in total. The fourth-order valence-electron chi connectivity index (χ4n) is 2.29. The predicted molar refractivity (Wildman–Crippen MR) is 100 cm³/mol. The number of hydrogen-bond donors (Lipinski definition) is 0. The summed E-state index contributed by atoms with van der Waals surface area (Å²) in [7, 11) is 0. The highest BCUT2D eigenvalue weighted by molar-refractivity contribution is 7.16. The van der Waals surface area contributed by atoms with Crippen LogP contribution >= 0.6 is 22.7 Å². The second kappa shape index (κ2) is 8.19. The van der Waals surface area contributed by atoms with Gasteiger partial charge in [-0.25, -0.2) is 0 Å². The highest BCUT2D eigenvalue weighted by Crippen LogP contribution is 2.16. The van der Waals surface area contributed by atoms with Gasteiger partial charge in [0.15, 0.2) is 4.80 Å². The standard InChI is InChI=1S/C18H18N2O2S2/c1-2-22-12-11-20-15-7-3-4-8-16(15)24-18(20)19-17(21)10-9-14-6-5-13-23-14/h3-10,13H,2,11-12H2,1H3. The lowest BCUT2D eigenvalue weighted by molar-refractivity contribution is -0.113. The van der Waals surface area contributed by atoms with E-state index in [2.05, 4.69) is 4.99 Å². The SMILES string of the molecule is CCOCCn1c(=NC(=O)C=Cc2cccs2)sc2ccccc21. The van der Waals surface area contributed by atoms with E-state index in [1.54, 1.807) is 17.4 Å². The number of fused-ring (bicyclic) bond motifs is 1. The molecule has 0 saturated carbocycles. The van der Waals surface area contributed by atoms with Gasteiger partial charge in [0, 0.05) is 24.1 Å². The van der Waals surface area contributed by atoms with Crippen molar-refractivity contribution in [2.45, 2.75) is 13.5 Å². The van der Waals surface area contributed by atoms with Gasteiger partial charge < -0.3 is 9.30 Å². The molecule has 0 saturated heterocycles. The first kappa shape index (κ1) is 16.8. The van der Waals surface area contributed by atoms with E-state index < -0.39 is 0 Å². The summed E-state index contributed by atoms with van der Waals surface area (Å²) in [6, 6.07) is 12.0. The molecule has 0 bridgehead atoms. The molecule has 3 rings (SSSR count). The fourth-order valence-corrected chi connectivity index (χ4v) is 3.97. The Hall–Kier alpha value is -2.02. The number of benzene rings is 1. The molecule has 2 aromatic heterocycles. The summed E-state index contributed by atoms with van der Waals surface area (Å²) in [5.41, 5.74) is 1.08. The Bertz CT molecular complexity index is 905. The fraction of sp³-hybridized carbons (Fsp3) is 0.222. The summed E-state index contributed by atoms with van der Waals surface area (Å²) in [6.45, 7) is 3.93. The molecule has 2 heterocycles. The zero-order valence-corrected chi connectivity index (χ0v) is 15.0. The third-order valence-corrected chi connectivity index (χ3v) is 5.29. The molecule has 0 radical (unpaired) electrons. The molecule has 0 aliphatic rings. The van der Waals surface area contributed by atoms with E-state index in [1.807, 2.05) is 53.3 Å². The highest BCUT2D eigenvalue weighted by atomic mass is 32.1. The third kappa shape index (κ3) is 4.08. The number of nitrogens with zero attached hydrogens (tertiary/aromatic N) is 2. The minimum atomic E-state index is -0.250. The second-order valence-corrected chi connectivity index (χ2v) is 6.99. The quantitative estimate of drug-likeness (QED) is 0.495. The topological polar surface area (TPSA) is 43.6 Å². The molecular weight excluding hydrogens is 340 g/mol. The average Bonchev–Trinajstić information content (AvgIpc) is 3.21. The molecule has 1 amide bonds. The number of thiazole rings is 1. The lowest BCUT2D eigenvalue weighted by Gasteiger charge is -2.04. The Morgan fingerprint density at radius 1 is 1.29 bits per heavy atom. The Labute approximate surface area is 148 Å². The number of ether oxygens (including phenoxy) is 1. The van der Waals surface area contributed by atoms with E-state index in [1.165, 1.54) is 17.4 Å². The van der Waals surface area contributed by atoms with Crippen LogP contribution in [0.15, 0.2) is 52.8 Å². The first-order valence-corrected chi connectivity index (χ1v) is 9.44. The van der Waals surface area contributed by atoms with Crippen LogP contribution in [0.3, 0.4) is 0 Å². The van der Waals surface area contributed by atoms with Gasteiger partial charge >= 0.3 is 0 Å². The summed E-state index contributed by atoms with van der Waals surface area (Å²) in [6.07, 6.45) is 3.32. The highest BCUT2D eigenvalue weighted by Gasteiger charge is 2.06. The Morgan fingerprint density at radius 2 is 2.17 bits per heavy atom. The maximum atomic E-state index is 12.2. The molecule has 0 atom stereocenters. The minimum Gasteiger partial charge on any atom is -0.380 e. The number of amides is 1. The van der Waals surface area contributed by atoms with Crippen molar-refractivity contribution >= 4 is 44.9 Å². The van der Waals surface area contributed by atoms with E-state index in [0.29, 0.717) is 24.6 Å². The van der Waals surface area contributed by atoms with E-state index >= 15 is 0 Å². The van der Waals surface area contributed by atoms with Crippen LogP contribution in [-0.4, -0.2) is 23.7 Å². The maximum Gasteiger partial charge on any atom is 0.272 e. The zero-order valence-electron chi connectivity index (χ0n) is 13.3. The van der Waals surface area contributed by atoms with Crippen LogP contribution in [0.25, 0.3) is 16.3 Å². The van der Waals surface area contributed by atoms with Gasteiger partial charge in [-0.1, -0.05) is 29.5 Å². The Balaban J connectivity index is 1.91. The molecule has 0 spiro atoms. The van der Waals surface area contributed by atoms with Crippen molar-refractivity contribution in [1.82, 2.24) is 4.57 Å². The molecule has 0 aliphatic carbocycles. The van der Waals surface area contributed by atoms with E-state index in [0.717, 1.165) is 15.1 Å². The molecular formula is C18H18N2O2S2. The van der Waals surface area contributed by atoms with Crippen LogP contribution in [0, 0.1) is 0 Å². The molecule has 1 aromatic carbocycles. The molecule has 0 unspecified atom stereocenters. The number of hydrogen-bond acceptors (Lipinski definition) is 4. The van der Waals surface area contributed by atoms with Crippen LogP contribution in [-0.2, 0) is 16.1 Å². The lowest BCUT2D eigenvalue weighted by atomic mass is 10.3. The molecule has 24 heavy (non-hydrogen) atoms. The third-order valence-electron chi connectivity index (χ3n) is 3.39. The molecule has 3 aromatic rings. The van der Waals surface area contributed by atoms with Crippen molar-refractivity contribution in [2.75, 3.05) is 13.2 Å². The molecule has 0 fully saturated rings. The van der Waals surface area contributed by atoms with E-state index in [4.69, 9.17) is 4.74 Å². The van der Waals surface area contributed by atoms with Gasteiger partial charge in [0.05, 0.1) is 16.8 Å². The number of rotatable bonds is 6. The van der Waals surface area contributed by atoms with Crippen molar-refractivity contribution in [3.63, 3.8) is 0 Å². The van der Waals surface area contributed by atoms with Gasteiger partial charge in [0.1, 0.15) is 0 Å². The normalized spacial score (nSPS) is 12.5. The first-order chi connectivity index (χ1) is 11.8. The molecule has 0 aliphatic heterocycles.